The number of rotatable bonds is 5. The Balaban J connectivity index is 1.76. The summed E-state index contributed by atoms with van der Waals surface area (Å²) < 4.78 is 7.01. The van der Waals surface area contributed by atoms with Gasteiger partial charge in [0.05, 0.1) is 31.2 Å². The van der Waals surface area contributed by atoms with E-state index in [1.54, 1.807) is 10.9 Å². The Morgan fingerprint density at radius 1 is 1.53 bits per heavy atom. The number of carbonyl (C=O) groups excluding carboxylic acids is 1. The average molecular weight is 268 g/mol. The molecule has 0 radical (unpaired) electrons. The molecule has 0 spiro atoms. The number of ether oxygens (including phenoxy) is 1. The van der Waals surface area contributed by atoms with Crippen LogP contribution in [0.4, 0.5) is 5.69 Å². The number of likely N-dealkylation sites (tertiary alicyclic amines) is 1. The third-order valence-electron chi connectivity index (χ3n) is 3.19. The summed E-state index contributed by atoms with van der Waals surface area (Å²) in [5, 5.41) is 12.7. The van der Waals surface area contributed by atoms with Crippen molar-refractivity contribution in [3.63, 3.8) is 0 Å². The van der Waals surface area contributed by atoms with Crippen molar-refractivity contribution >= 4 is 11.6 Å². The molecule has 1 amide bonds. The number of nitrogen functional groups attached to an aromatic ring is 1. The first-order valence-corrected chi connectivity index (χ1v) is 6.47. The molecular formula is C12H20N4O3. The molecule has 7 heteroatoms. The first kappa shape index (κ1) is 13.8. The van der Waals surface area contributed by atoms with Crippen LogP contribution in [0, 0.1) is 0 Å². The van der Waals surface area contributed by atoms with Crippen LogP contribution in [0.25, 0.3) is 0 Å². The lowest BCUT2D eigenvalue weighted by molar-refractivity contribution is -0.134. The summed E-state index contributed by atoms with van der Waals surface area (Å²) in [7, 11) is 0. The highest BCUT2D eigenvalue weighted by Crippen LogP contribution is 2.14. The van der Waals surface area contributed by atoms with E-state index in [1.165, 1.54) is 6.20 Å². The zero-order valence-corrected chi connectivity index (χ0v) is 10.9. The quantitative estimate of drug-likeness (QED) is 0.748. The minimum Gasteiger partial charge on any atom is -0.396 e. The lowest BCUT2D eigenvalue weighted by atomic mass is 10.1. The predicted molar refractivity (Wildman–Crippen MR) is 69.3 cm³/mol. The Morgan fingerprint density at radius 3 is 2.84 bits per heavy atom. The van der Waals surface area contributed by atoms with E-state index < -0.39 is 0 Å². The highest BCUT2D eigenvalue weighted by atomic mass is 16.5. The van der Waals surface area contributed by atoms with Crippen LogP contribution >= 0.6 is 0 Å². The maximum absolute atomic E-state index is 12.0. The standard InChI is InChI=1S/C12H20N4O3/c13-10-7-14-16(8-10)9-12(18)15-3-1-11(2-4-15)19-6-5-17/h7-8,11,17H,1-6,9,13H2. The maximum atomic E-state index is 12.0. The van der Waals surface area contributed by atoms with E-state index in [2.05, 4.69) is 5.10 Å². The third-order valence-corrected chi connectivity index (χ3v) is 3.19. The summed E-state index contributed by atoms with van der Waals surface area (Å²) in [5.74, 6) is 0.0451. The van der Waals surface area contributed by atoms with E-state index in [1.807, 2.05) is 4.90 Å². The minimum absolute atomic E-state index is 0.0415. The van der Waals surface area contributed by atoms with Crippen molar-refractivity contribution < 1.29 is 14.6 Å². The monoisotopic (exact) mass is 268 g/mol. The molecule has 106 valence electrons. The largest absolute Gasteiger partial charge is 0.396 e. The normalized spacial score (nSPS) is 16.8. The molecule has 1 aliphatic rings. The first-order valence-electron chi connectivity index (χ1n) is 6.47. The van der Waals surface area contributed by atoms with E-state index in [0.29, 0.717) is 25.4 Å². The lowest BCUT2D eigenvalue weighted by Gasteiger charge is -2.31. The molecule has 7 nitrogen and oxygen atoms in total. The van der Waals surface area contributed by atoms with Crippen LogP contribution in [0.2, 0.25) is 0 Å². The molecule has 0 aliphatic carbocycles. The summed E-state index contributed by atoms with van der Waals surface area (Å²) in [6, 6.07) is 0. The van der Waals surface area contributed by atoms with Gasteiger partial charge in [0, 0.05) is 19.3 Å². The van der Waals surface area contributed by atoms with Crippen molar-refractivity contribution in [3.8, 4) is 0 Å². The zero-order chi connectivity index (χ0) is 13.7. The number of aliphatic hydroxyl groups excluding tert-OH is 1. The van der Waals surface area contributed by atoms with Crippen molar-refractivity contribution in [2.75, 3.05) is 32.0 Å². The smallest absolute Gasteiger partial charge is 0.244 e. The topological polar surface area (TPSA) is 93.6 Å². The summed E-state index contributed by atoms with van der Waals surface area (Å²) in [4.78, 5) is 13.9. The van der Waals surface area contributed by atoms with Crippen molar-refractivity contribution in [1.82, 2.24) is 14.7 Å². The van der Waals surface area contributed by atoms with E-state index >= 15 is 0 Å². The van der Waals surface area contributed by atoms with E-state index in [-0.39, 0.29) is 25.2 Å². The third kappa shape index (κ3) is 3.93. The van der Waals surface area contributed by atoms with Crippen molar-refractivity contribution in [1.29, 1.82) is 0 Å². The predicted octanol–water partition coefficient (Wildman–Crippen LogP) is -0.535. The molecule has 1 aromatic heterocycles. The van der Waals surface area contributed by atoms with Gasteiger partial charge in [0.2, 0.25) is 5.91 Å². The Bertz CT molecular complexity index is 413. The second kappa shape index (κ2) is 6.53. The fraction of sp³-hybridized carbons (Fsp3) is 0.667. The van der Waals surface area contributed by atoms with Crippen molar-refractivity contribution in [2.24, 2.45) is 0 Å². The highest BCUT2D eigenvalue weighted by molar-refractivity contribution is 5.76. The van der Waals surface area contributed by atoms with Crippen LogP contribution in [0.3, 0.4) is 0 Å². The Kier molecular flexibility index (Phi) is 4.75. The van der Waals surface area contributed by atoms with Gasteiger partial charge < -0.3 is 20.5 Å². The van der Waals surface area contributed by atoms with Crippen molar-refractivity contribution in [3.05, 3.63) is 12.4 Å². The molecule has 1 saturated heterocycles. The number of amides is 1. The van der Waals surface area contributed by atoms with E-state index in [9.17, 15) is 4.79 Å². The molecule has 2 heterocycles. The summed E-state index contributed by atoms with van der Waals surface area (Å²) in [6.45, 7) is 2.00. The van der Waals surface area contributed by atoms with Gasteiger partial charge in [0.25, 0.3) is 0 Å². The summed E-state index contributed by atoms with van der Waals surface area (Å²) in [5.41, 5.74) is 6.11. The van der Waals surface area contributed by atoms with Gasteiger partial charge in [-0.1, -0.05) is 0 Å². The van der Waals surface area contributed by atoms with Gasteiger partial charge in [0.15, 0.2) is 0 Å². The second-order valence-electron chi connectivity index (χ2n) is 4.65. The molecule has 1 aromatic rings. The number of hydrogen-bond acceptors (Lipinski definition) is 5. The van der Waals surface area contributed by atoms with Gasteiger partial charge in [0.1, 0.15) is 6.54 Å². The Morgan fingerprint density at radius 2 is 2.26 bits per heavy atom. The van der Waals surface area contributed by atoms with Gasteiger partial charge in [-0.15, -0.1) is 0 Å². The van der Waals surface area contributed by atoms with Gasteiger partial charge in [-0.05, 0) is 12.8 Å². The molecule has 0 bridgehead atoms. The van der Waals surface area contributed by atoms with E-state index in [0.717, 1.165) is 12.8 Å². The number of nitrogens with two attached hydrogens (primary N) is 1. The molecule has 0 saturated carbocycles. The molecule has 1 fully saturated rings. The number of piperidine rings is 1. The van der Waals surface area contributed by atoms with Crippen LogP contribution < -0.4 is 5.73 Å². The maximum Gasteiger partial charge on any atom is 0.244 e. The molecule has 0 atom stereocenters. The number of hydrogen-bond donors (Lipinski definition) is 2. The van der Waals surface area contributed by atoms with Crippen LogP contribution in [0.5, 0.6) is 0 Å². The van der Waals surface area contributed by atoms with Gasteiger partial charge in [-0.2, -0.15) is 5.10 Å². The number of aromatic nitrogens is 2. The van der Waals surface area contributed by atoms with Crippen LogP contribution in [0.1, 0.15) is 12.8 Å². The Labute approximate surface area is 111 Å². The number of aliphatic hydroxyl groups is 1. The summed E-state index contributed by atoms with van der Waals surface area (Å²) >= 11 is 0. The summed E-state index contributed by atoms with van der Waals surface area (Å²) in [6.07, 6.45) is 4.95. The molecule has 2 rings (SSSR count). The van der Waals surface area contributed by atoms with Crippen LogP contribution in [0.15, 0.2) is 12.4 Å². The minimum atomic E-state index is 0.0415. The van der Waals surface area contributed by atoms with Gasteiger partial charge >= 0.3 is 0 Å². The first-order chi connectivity index (χ1) is 9.19. The fourth-order valence-electron chi connectivity index (χ4n) is 2.20. The SMILES string of the molecule is Nc1cnn(CC(=O)N2CCC(OCCO)CC2)c1. The molecule has 0 aromatic carbocycles. The zero-order valence-electron chi connectivity index (χ0n) is 10.9. The van der Waals surface area contributed by atoms with Gasteiger partial charge in [-0.3, -0.25) is 9.48 Å². The molecular weight excluding hydrogens is 248 g/mol. The Hall–Kier alpha value is -1.60. The highest BCUT2D eigenvalue weighted by Gasteiger charge is 2.23. The number of nitrogens with zero attached hydrogens (tertiary/aromatic N) is 3. The average Bonchev–Trinajstić information content (AvgIpc) is 2.82. The van der Waals surface area contributed by atoms with Crippen LogP contribution in [-0.4, -0.2) is 58.1 Å². The number of anilines is 1. The molecule has 1 aliphatic heterocycles. The van der Waals surface area contributed by atoms with E-state index in [4.69, 9.17) is 15.6 Å². The number of carbonyl (C=O) groups is 1. The molecule has 0 unspecified atom stereocenters. The lowest BCUT2D eigenvalue weighted by Crippen LogP contribution is -2.42. The molecule has 19 heavy (non-hydrogen) atoms. The van der Waals surface area contributed by atoms with Gasteiger partial charge in [-0.25, -0.2) is 0 Å². The second-order valence-corrected chi connectivity index (χ2v) is 4.65. The van der Waals surface area contributed by atoms with Crippen LogP contribution in [-0.2, 0) is 16.1 Å². The fourth-order valence-corrected chi connectivity index (χ4v) is 2.20. The molecule has 3 N–H and O–H groups in total. The van der Waals surface area contributed by atoms with Crippen molar-refractivity contribution in [2.45, 2.75) is 25.5 Å².